The zero-order valence-electron chi connectivity index (χ0n) is 13.9. The zero-order chi connectivity index (χ0) is 17.3. The molecule has 24 heavy (non-hydrogen) atoms. The van der Waals surface area contributed by atoms with Crippen molar-refractivity contribution in [2.75, 3.05) is 13.2 Å². The maximum absolute atomic E-state index is 12.5. The van der Waals surface area contributed by atoms with E-state index in [4.69, 9.17) is 21.1 Å². The summed E-state index contributed by atoms with van der Waals surface area (Å²) < 4.78 is 12.8. The van der Waals surface area contributed by atoms with Gasteiger partial charge >= 0.3 is 0 Å². The third kappa shape index (κ3) is 3.19. The molecule has 2 heterocycles. The van der Waals surface area contributed by atoms with E-state index in [0.29, 0.717) is 35.4 Å². The summed E-state index contributed by atoms with van der Waals surface area (Å²) in [5, 5.41) is 7.45. The molecule has 3 rings (SSSR count). The fraction of sp³-hybridized carbons (Fsp3) is 0.412. The number of nitrogens with one attached hydrogen (secondary N) is 1. The molecule has 0 aliphatic carbocycles. The quantitative estimate of drug-likeness (QED) is 0.925. The molecule has 0 fully saturated rings. The molecule has 1 aromatic heterocycles. The first-order valence-electron chi connectivity index (χ1n) is 7.87. The lowest BCUT2D eigenvalue weighted by atomic mass is 10.1. The van der Waals surface area contributed by atoms with Crippen LogP contribution in [0.25, 0.3) is 0 Å². The molecule has 1 N–H and O–H groups in total. The largest absolute Gasteiger partial charge is 0.490 e. The van der Waals surface area contributed by atoms with E-state index in [1.807, 2.05) is 25.1 Å². The lowest BCUT2D eigenvalue weighted by Gasteiger charge is -2.16. The van der Waals surface area contributed by atoms with Gasteiger partial charge in [-0.15, -0.1) is 0 Å². The number of benzene rings is 1. The van der Waals surface area contributed by atoms with Crippen LogP contribution >= 0.6 is 11.6 Å². The molecule has 0 radical (unpaired) electrons. The van der Waals surface area contributed by atoms with Gasteiger partial charge in [0.15, 0.2) is 11.5 Å². The minimum atomic E-state index is -0.245. The SMILES string of the molecule is Cc1nn(C)c(Cl)c1C(=O)NC(C)c1ccc2c(c1)OCCCO2. The summed E-state index contributed by atoms with van der Waals surface area (Å²) in [6.45, 7) is 4.95. The van der Waals surface area contributed by atoms with Gasteiger partial charge in [0.1, 0.15) is 5.15 Å². The van der Waals surface area contributed by atoms with Crippen molar-refractivity contribution in [3.63, 3.8) is 0 Å². The van der Waals surface area contributed by atoms with Crippen molar-refractivity contribution in [1.29, 1.82) is 0 Å². The number of ether oxygens (including phenoxy) is 2. The topological polar surface area (TPSA) is 65.4 Å². The Balaban J connectivity index is 1.78. The number of nitrogens with zero attached hydrogens (tertiary/aromatic N) is 2. The number of aromatic nitrogens is 2. The van der Waals surface area contributed by atoms with Crippen LogP contribution < -0.4 is 14.8 Å². The minimum Gasteiger partial charge on any atom is -0.490 e. The van der Waals surface area contributed by atoms with Gasteiger partial charge in [0.2, 0.25) is 0 Å². The van der Waals surface area contributed by atoms with Gasteiger partial charge in [0.25, 0.3) is 5.91 Å². The van der Waals surface area contributed by atoms with E-state index in [2.05, 4.69) is 10.4 Å². The van der Waals surface area contributed by atoms with Crippen molar-refractivity contribution >= 4 is 17.5 Å². The van der Waals surface area contributed by atoms with Crippen LogP contribution in [0.3, 0.4) is 0 Å². The van der Waals surface area contributed by atoms with Gasteiger partial charge in [-0.25, -0.2) is 0 Å². The number of amides is 1. The molecule has 0 bridgehead atoms. The van der Waals surface area contributed by atoms with Crippen molar-refractivity contribution in [3.8, 4) is 11.5 Å². The fourth-order valence-corrected chi connectivity index (χ4v) is 2.95. The Morgan fingerprint density at radius 3 is 2.71 bits per heavy atom. The molecule has 1 amide bonds. The molecule has 2 aromatic rings. The van der Waals surface area contributed by atoms with Gasteiger partial charge in [0.05, 0.1) is 30.5 Å². The second-order valence-electron chi connectivity index (χ2n) is 5.83. The number of aryl methyl sites for hydroxylation is 2. The Hall–Kier alpha value is -2.21. The minimum absolute atomic E-state index is 0.203. The molecule has 128 valence electrons. The molecular weight excluding hydrogens is 330 g/mol. The van der Waals surface area contributed by atoms with Gasteiger partial charge in [-0.3, -0.25) is 9.48 Å². The van der Waals surface area contributed by atoms with Crippen molar-refractivity contribution in [2.24, 2.45) is 7.05 Å². The highest BCUT2D eigenvalue weighted by atomic mass is 35.5. The van der Waals surface area contributed by atoms with Gasteiger partial charge in [-0.1, -0.05) is 17.7 Å². The predicted molar refractivity (Wildman–Crippen MR) is 90.9 cm³/mol. The molecule has 7 heteroatoms. The van der Waals surface area contributed by atoms with E-state index in [1.165, 1.54) is 4.68 Å². The Morgan fingerprint density at radius 1 is 1.33 bits per heavy atom. The number of rotatable bonds is 3. The average molecular weight is 350 g/mol. The monoisotopic (exact) mass is 349 g/mol. The van der Waals surface area contributed by atoms with Crippen LogP contribution in [0.15, 0.2) is 18.2 Å². The van der Waals surface area contributed by atoms with Crippen LogP contribution in [-0.4, -0.2) is 28.9 Å². The van der Waals surface area contributed by atoms with Crippen molar-refractivity contribution in [1.82, 2.24) is 15.1 Å². The number of carbonyl (C=O) groups excluding carboxylic acids is 1. The Morgan fingerprint density at radius 2 is 2.04 bits per heavy atom. The maximum atomic E-state index is 12.5. The van der Waals surface area contributed by atoms with E-state index in [9.17, 15) is 4.79 Å². The van der Waals surface area contributed by atoms with Crippen LogP contribution in [0.4, 0.5) is 0 Å². The Labute approximate surface area is 145 Å². The standard InChI is InChI=1S/C17H20ClN3O3/c1-10(19-17(22)15-11(2)20-21(3)16(15)18)12-5-6-13-14(9-12)24-8-4-7-23-13/h5-6,9-10H,4,7-8H2,1-3H3,(H,19,22). The van der Waals surface area contributed by atoms with Crippen LogP contribution in [-0.2, 0) is 7.05 Å². The van der Waals surface area contributed by atoms with E-state index in [0.717, 1.165) is 17.7 Å². The van der Waals surface area contributed by atoms with Gasteiger partial charge in [-0.2, -0.15) is 5.10 Å². The normalized spacial score (nSPS) is 14.8. The molecule has 0 saturated heterocycles. The van der Waals surface area contributed by atoms with Gasteiger partial charge < -0.3 is 14.8 Å². The third-order valence-electron chi connectivity index (χ3n) is 4.00. The Kier molecular flexibility index (Phi) is 4.66. The van der Waals surface area contributed by atoms with Crippen LogP contribution in [0.5, 0.6) is 11.5 Å². The predicted octanol–water partition coefficient (Wildman–Crippen LogP) is 3.03. The molecule has 1 aliphatic rings. The number of fused-ring (bicyclic) bond motifs is 1. The van der Waals surface area contributed by atoms with Gasteiger partial charge in [-0.05, 0) is 31.5 Å². The van der Waals surface area contributed by atoms with Crippen LogP contribution in [0.2, 0.25) is 5.15 Å². The molecule has 0 spiro atoms. The zero-order valence-corrected chi connectivity index (χ0v) is 14.7. The summed E-state index contributed by atoms with van der Waals surface area (Å²) in [7, 11) is 1.71. The second kappa shape index (κ2) is 6.73. The van der Waals surface area contributed by atoms with E-state index in [-0.39, 0.29) is 11.9 Å². The molecule has 1 unspecified atom stereocenters. The summed E-state index contributed by atoms with van der Waals surface area (Å²) in [4.78, 5) is 12.5. The number of hydrogen-bond donors (Lipinski definition) is 1. The first-order valence-corrected chi connectivity index (χ1v) is 8.24. The number of hydrogen-bond acceptors (Lipinski definition) is 4. The lowest BCUT2D eigenvalue weighted by Crippen LogP contribution is -2.27. The number of carbonyl (C=O) groups is 1. The average Bonchev–Trinajstić information content (AvgIpc) is 2.72. The summed E-state index contributed by atoms with van der Waals surface area (Å²) in [6, 6.07) is 5.51. The van der Waals surface area contributed by atoms with E-state index in [1.54, 1.807) is 14.0 Å². The summed E-state index contributed by atoms with van der Waals surface area (Å²) in [5.74, 6) is 1.20. The van der Waals surface area contributed by atoms with Crippen LogP contribution in [0, 0.1) is 6.92 Å². The van der Waals surface area contributed by atoms with E-state index >= 15 is 0 Å². The van der Waals surface area contributed by atoms with Crippen molar-refractivity contribution in [2.45, 2.75) is 26.3 Å². The fourth-order valence-electron chi connectivity index (χ4n) is 2.69. The molecule has 1 atom stereocenters. The summed E-state index contributed by atoms with van der Waals surface area (Å²) >= 11 is 6.15. The second-order valence-corrected chi connectivity index (χ2v) is 6.18. The Bertz CT molecular complexity index is 773. The highest BCUT2D eigenvalue weighted by molar-refractivity contribution is 6.33. The van der Waals surface area contributed by atoms with Crippen molar-refractivity contribution in [3.05, 3.63) is 40.2 Å². The van der Waals surface area contributed by atoms with Gasteiger partial charge in [0, 0.05) is 13.5 Å². The summed E-state index contributed by atoms with van der Waals surface area (Å²) in [5.41, 5.74) is 1.94. The molecule has 0 saturated carbocycles. The molecular formula is C17H20ClN3O3. The molecule has 6 nitrogen and oxygen atoms in total. The first-order chi connectivity index (χ1) is 11.5. The lowest BCUT2D eigenvalue weighted by molar-refractivity contribution is 0.0939. The maximum Gasteiger partial charge on any atom is 0.256 e. The highest BCUT2D eigenvalue weighted by Gasteiger charge is 2.21. The first kappa shape index (κ1) is 16.6. The molecule has 1 aliphatic heterocycles. The smallest absolute Gasteiger partial charge is 0.256 e. The van der Waals surface area contributed by atoms with Crippen LogP contribution in [0.1, 0.15) is 41.0 Å². The molecule has 1 aromatic carbocycles. The van der Waals surface area contributed by atoms with E-state index < -0.39 is 0 Å². The van der Waals surface area contributed by atoms with Crippen molar-refractivity contribution < 1.29 is 14.3 Å². The number of halogens is 1. The highest BCUT2D eigenvalue weighted by Crippen LogP contribution is 2.32. The third-order valence-corrected chi connectivity index (χ3v) is 4.43. The summed E-state index contributed by atoms with van der Waals surface area (Å²) in [6.07, 6.45) is 0.856.